The van der Waals surface area contributed by atoms with E-state index in [-0.39, 0.29) is 11.8 Å². The van der Waals surface area contributed by atoms with Crippen LogP contribution < -0.4 is 5.73 Å². The molecule has 0 radical (unpaired) electrons. The van der Waals surface area contributed by atoms with E-state index in [1.54, 1.807) is 9.80 Å². The minimum Gasteiger partial charge on any atom is -0.338 e. The Balaban J connectivity index is 1.89. The van der Waals surface area contributed by atoms with Crippen molar-refractivity contribution in [3.8, 4) is 0 Å². The van der Waals surface area contributed by atoms with Gasteiger partial charge in [0.05, 0.1) is 10.9 Å². The number of nitrogens with two attached hydrogens (primary N) is 1. The van der Waals surface area contributed by atoms with Gasteiger partial charge in [-0.1, -0.05) is 13.0 Å². The van der Waals surface area contributed by atoms with E-state index in [9.17, 15) is 9.59 Å². The van der Waals surface area contributed by atoms with Crippen molar-refractivity contribution < 1.29 is 9.59 Å². The minimum absolute atomic E-state index is 0.00859. The molecule has 2 rings (SSSR count). The number of carbonyl (C=O) groups excluding carboxylic acids is 2. The van der Waals surface area contributed by atoms with Gasteiger partial charge in [0.25, 0.3) is 5.91 Å². The van der Waals surface area contributed by atoms with Gasteiger partial charge in [-0.2, -0.15) is 0 Å². The SMILES string of the molecule is CC[C@H](N)C(=O)N1CCN(C(=O)c2cccs2)CC1. The molecule has 2 N–H and O–H groups in total. The Morgan fingerprint density at radius 3 is 2.47 bits per heavy atom. The maximum absolute atomic E-state index is 12.1. The van der Waals surface area contributed by atoms with E-state index in [1.165, 1.54) is 11.3 Å². The summed E-state index contributed by atoms with van der Waals surface area (Å²) >= 11 is 1.45. The van der Waals surface area contributed by atoms with Crippen molar-refractivity contribution in [3.05, 3.63) is 22.4 Å². The van der Waals surface area contributed by atoms with Crippen LogP contribution in [0.25, 0.3) is 0 Å². The summed E-state index contributed by atoms with van der Waals surface area (Å²) in [6.45, 7) is 4.21. The summed E-state index contributed by atoms with van der Waals surface area (Å²) in [6.07, 6.45) is 0.646. The van der Waals surface area contributed by atoms with E-state index in [1.807, 2.05) is 24.4 Å². The Labute approximate surface area is 117 Å². The third-order valence-electron chi connectivity index (χ3n) is 3.37. The zero-order valence-corrected chi connectivity index (χ0v) is 11.9. The van der Waals surface area contributed by atoms with Crippen LogP contribution in [0.4, 0.5) is 0 Å². The van der Waals surface area contributed by atoms with Crippen LogP contribution in [-0.2, 0) is 4.79 Å². The molecule has 1 aromatic heterocycles. The monoisotopic (exact) mass is 281 g/mol. The van der Waals surface area contributed by atoms with E-state index in [2.05, 4.69) is 0 Å². The fraction of sp³-hybridized carbons (Fsp3) is 0.538. The highest BCUT2D eigenvalue weighted by Crippen LogP contribution is 2.14. The summed E-state index contributed by atoms with van der Waals surface area (Å²) in [7, 11) is 0. The van der Waals surface area contributed by atoms with Gasteiger partial charge in [0, 0.05) is 26.2 Å². The Hall–Kier alpha value is -1.40. The first-order chi connectivity index (χ1) is 9.13. The second-order valence-electron chi connectivity index (χ2n) is 4.61. The van der Waals surface area contributed by atoms with E-state index in [0.717, 1.165) is 4.88 Å². The van der Waals surface area contributed by atoms with Gasteiger partial charge in [0.1, 0.15) is 0 Å². The van der Waals surface area contributed by atoms with Crippen LogP contribution in [-0.4, -0.2) is 53.8 Å². The highest BCUT2D eigenvalue weighted by Gasteiger charge is 2.27. The Bertz CT molecular complexity index is 439. The molecule has 1 aliphatic heterocycles. The van der Waals surface area contributed by atoms with Gasteiger partial charge in [-0.3, -0.25) is 9.59 Å². The summed E-state index contributed by atoms with van der Waals surface area (Å²) in [4.78, 5) is 28.4. The van der Waals surface area contributed by atoms with E-state index in [4.69, 9.17) is 5.73 Å². The van der Waals surface area contributed by atoms with Crippen LogP contribution in [0.2, 0.25) is 0 Å². The van der Waals surface area contributed by atoms with Crippen LogP contribution >= 0.6 is 11.3 Å². The molecule has 0 bridgehead atoms. The molecule has 0 aliphatic carbocycles. The molecule has 1 aromatic rings. The Kier molecular flexibility index (Phi) is 4.55. The quantitative estimate of drug-likeness (QED) is 0.890. The number of piperazine rings is 1. The molecular weight excluding hydrogens is 262 g/mol. The molecule has 2 amide bonds. The molecule has 1 saturated heterocycles. The summed E-state index contributed by atoms with van der Waals surface area (Å²) in [6, 6.07) is 3.29. The lowest BCUT2D eigenvalue weighted by Crippen LogP contribution is -2.54. The Morgan fingerprint density at radius 1 is 1.32 bits per heavy atom. The number of nitrogens with zero attached hydrogens (tertiary/aromatic N) is 2. The number of rotatable bonds is 3. The number of hydrogen-bond donors (Lipinski definition) is 1. The molecule has 0 aromatic carbocycles. The largest absolute Gasteiger partial charge is 0.338 e. The normalized spacial score (nSPS) is 17.4. The van der Waals surface area contributed by atoms with E-state index in [0.29, 0.717) is 32.6 Å². The third kappa shape index (κ3) is 3.13. The lowest BCUT2D eigenvalue weighted by Gasteiger charge is -2.35. The average molecular weight is 281 g/mol. The molecule has 104 valence electrons. The molecule has 6 heteroatoms. The summed E-state index contributed by atoms with van der Waals surface area (Å²) in [5.41, 5.74) is 5.75. The summed E-state index contributed by atoms with van der Waals surface area (Å²) < 4.78 is 0. The number of amides is 2. The zero-order valence-electron chi connectivity index (χ0n) is 11.0. The molecule has 1 atom stereocenters. The van der Waals surface area contributed by atoms with E-state index < -0.39 is 6.04 Å². The highest BCUT2D eigenvalue weighted by atomic mass is 32.1. The molecule has 0 spiro atoms. The number of thiophene rings is 1. The van der Waals surface area contributed by atoms with Crippen molar-refractivity contribution in [3.63, 3.8) is 0 Å². The maximum atomic E-state index is 12.1. The topological polar surface area (TPSA) is 66.6 Å². The fourth-order valence-electron chi connectivity index (χ4n) is 2.10. The van der Waals surface area contributed by atoms with Crippen LogP contribution in [0.1, 0.15) is 23.0 Å². The first-order valence-corrected chi connectivity index (χ1v) is 7.38. The second kappa shape index (κ2) is 6.16. The molecular formula is C13H19N3O2S. The lowest BCUT2D eigenvalue weighted by molar-refractivity contribution is -0.134. The van der Waals surface area contributed by atoms with Crippen molar-refractivity contribution in [2.24, 2.45) is 5.73 Å². The van der Waals surface area contributed by atoms with Crippen molar-refractivity contribution in [2.75, 3.05) is 26.2 Å². The summed E-state index contributed by atoms with van der Waals surface area (Å²) in [5.74, 6) is 0.0487. The molecule has 5 nitrogen and oxygen atoms in total. The maximum Gasteiger partial charge on any atom is 0.264 e. The van der Waals surface area contributed by atoms with Gasteiger partial charge in [0.15, 0.2) is 0 Å². The van der Waals surface area contributed by atoms with Gasteiger partial charge in [-0.25, -0.2) is 0 Å². The van der Waals surface area contributed by atoms with Gasteiger partial charge in [0.2, 0.25) is 5.91 Å². The second-order valence-corrected chi connectivity index (χ2v) is 5.56. The van der Waals surface area contributed by atoms with Gasteiger partial charge in [-0.15, -0.1) is 11.3 Å². The van der Waals surface area contributed by atoms with Crippen LogP contribution in [0.15, 0.2) is 17.5 Å². The molecule has 0 saturated carbocycles. The van der Waals surface area contributed by atoms with Gasteiger partial charge >= 0.3 is 0 Å². The molecule has 2 heterocycles. The van der Waals surface area contributed by atoms with E-state index >= 15 is 0 Å². The first kappa shape index (κ1) is 14.0. The number of carbonyl (C=O) groups is 2. The minimum atomic E-state index is -0.417. The first-order valence-electron chi connectivity index (χ1n) is 6.50. The average Bonchev–Trinajstić information content (AvgIpc) is 2.99. The third-order valence-corrected chi connectivity index (χ3v) is 4.23. The van der Waals surface area contributed by atoms with Gasteiger partial charge < -0.3 is 15.5 Å². The smallest absolute Gasteiger partial charge is 0.264 e. The van der Waals surface area contributed by atoms with Crippen molar-refractivity contribution >= 4 is 23.2 Å². The summed E-state index contributed by atoms with van der Waals surface area (Å²) in [5, 5.41) is 1.90. The standard InChI is InChI=1S/C13H19N3O2S/c1-2-10(14)12(17)15-5-7-16(8-6-15)13(18)11-4-3-9-19-11/h3-4,9-10H,2,5-8,14H2,1H3/t10-/m0/s1. The lowest BCUT2D eigenvalue weighted by atomic mass is 10.2. The fourth-order valence-corrected chi connectivity index (χ4v) is 2.79. The molecule has 1 aliphatic rings. The van der Waals surface area contributed by atoms with Crippen molar-refractivity contribution in [2.45, 2.75) is 19.4 Å². The predicted molar refractivity (Wildman–Crippen MR) is 75.1 cm³/mol. The number of hydrogen-bond acceptors (Lipinski definition) is 4. The zero-order chi connectivity index (χ0) is 13.8. The van der Waals surface area contributed by atoms with Crippen molar-refractivity contribution in [1.82, 2.24) is 9.80 Å². The van der Waals surface area contributed by atoms with Crippen LogP contribution in [0.5, 0.6) is 0 Å². The molecule has 19 heavy (non-hydrogen) atoms. The highest BCUT2D eigenvalue weighted by molar-refractivity contribution is 7.12. The molecule has 1 fully saturated rings. The van der Waals surface area contributed by atoms with Crippen LogP contribution in [0, 0.1) is 0 Å². The predicted octanol–water partition coefficient (Wildman–Crippen LogP) is 0.770. The van der Waals surface area contributed by atoms with Crippen LogP contribution in [0.3, 0.4) is 0 Å². The van der Waals surface area contributed by atoms with Gasteiger partial charge in [-0.05, 0) is 17.9 Å². The Morgan fingerprint density at radius 2 is 1.95 bits per heavy atom. The molecule has 0 unspecified atom stereocenters. The van der Waals surface area contributed by atoms with Crippen molar-refractivity contribution in [1.29, 1.82) is 0 Å².